The normalized spacial score (nSPS) is 11.9. The molecule has 0 aliphatic heterocycles. The van der Waals surface area contributed by atoms with E-state index in [4.69, 9.17) is 20.8 Å². The van der Waals surface area contributed by atoms with E-state index in [1.54, 1.807) is 26.0 Å². The summed E-state index contributed by atoms with van der Waals surface area (Å²) in [6.45, 7) is 5.45. The molecule has 0 radical (unpaired) electrons. The lowest BCUT2D eigenvalue weighted by Gasteiger charge is -2.11. The van der Waals surface area contributed by atoms with Crippen molar-refractivity contribution in [2.75, 3.05) is 6.61 Å². The van der Waals surface area contributed by atoms with Gasteiger partial charge in [-0.05, 0) is 38.5 Å². The summed E-state index contributed by atoms with van der Waals surface area (Å²) in [5, 5.41) is 7.20. The van der Waals surface area contributed by atoms with E-state index in [2.05, 4.69) is 10.4 Å². The molecule has 3 rings (SSSR count). The first-order valence-corrected chi connectivity index (χ1v) is 9.51. The molecule has 1 N–H and O–H groups in total. The van der Waals surface area contributed by atoms with Crippen molar-refractivity contribution in [2.24, 2.45) is 0 Å². The summed E-state index contributed by atoms with van der Waals surface area (Å²) in [6, 6.07) is 11.1. The Morgan fingerprint density at radius 2 is 1.97 bits per heavy atom. The number of carbonyl (C=O) groups is 2. The number of carbonyl (C=O) groups excluding carboxylic acids is 2. The number of esters is 1. The zero-order valence-electron chi connectivity index (χ0n) is 16.4. The molecule has 1 aromatic carbocycles. The second-order valence-corrected chi connectivity index (χ2v) is 7.13. The van der Waals surface area contributed by atoms with Crippen LogP contribution in [0.15, 0.2) is 47.1 Å². The number of hydrogen-bond donors (Lipinski definition) is 1. The maximum Gasteiger partial charge on any atom is 0.343 e. The minimum absolute atomic E-state index is 0.158. The van der Waals surface area contributed by atoms with Crippen LogP contribution in [0.4, 0.5) is 0 Å². The van der Waals surface area contributed by atoms with Crippen molar-refractivity contribution >= 4 is 23.5 Å². The molecule has 1 amide bonds. The molecule has 0 bridgehead atoms. The molecule has 2 heterocycles. The summed E-state index contributed by atoms with van der Waals surface area (Å²) >= 11 is 6.36. The average Bonchev–Trinajstić information content (AvgIpc) is 3.31. The molecule has 0 saturated heterocycles. The van der Waals surface area contributed by atoms with E-state index in [1.807, 2.05) is 31.2 Å². The Kier molecular flexibility index (Phi) is 6.39. The zero-order valence-corrected chi connectivity index (χ0v) is 17.2. The van der Waals surface area contributed by atoms with Crippen molar-refractivity contribution in [3.8, 4) is 0 Å². The van der Waals surface area contributed by atoms with Crippen molar-refractivity contribution in [3.05, 3.63) is 76.0 Å². The van der Waals surface area contributed by atoms with Crippen LogP contribution in [0.3, 0.4) is 0 Å². The Hall–Kier alpha value is -3.06. The highest BCUT2D eigenvalue weighted by atomic mass is 35.5. The third kappa shape index (κ3) is 5.06. The fraction of sp³-hybridized carbons (Fsp3) is 0.286. The fourth-order valence-electron chi connectivity index (χ4n) is 2.85. The van der Waals surface area contributed by atoms with Crippen LogP contribution in [0, 0.1) is 13.8 Å². The lowest BCUT2D eigenvalue weighted by molar-refractivity contribution is -0.125. The fourth-order valence-corrected chi connectivity index (χ4v) is 3.16. The van der Waals surface area contributed by atoms with Gasteiger partial charge in [0.2, 0.25) is 0 Å². The molecule has 0 aliphatic rings. The van der Waals surface area contributed by atoms with Gasteiger partial charge in [-0.3, -0.25) is 4.79 Å². The number of aromatic nitrogens is 2. The highest BCUT2D eigenvalue weighted by molar-refractivity contribution is 6.32. The topological polar surface area (TPSA) is 86.4 Å². The van der Waals surface area contributed by atoms with Crippen LogP contribution in [0.2, 0.25) is 5.15 Å². The van der Waals surface area contributed by atoms with Crippen molar-refractivity contribution in [1.29, 1.82) is 0 Å². The number of nitrogens with one attached hydrogen (secondary N) is 1. The Bertz CT molecular complexity index is 994. The smallest absolute Gasteiger partial charge is 0.343 e. The second-order valence-electron chi connectivity index (χ2n) is 6.78. The number of aryl methyl sites for hydroxylation is 2. The molecule has 0 aliphatic carbocycles. The number of furan rings is 1. The maximum atomic E-state index is 12.5. The molecule has 3 aromatic rings. The van der Waals surface area contributed by atoms with Gasteiger partial charge in [0.15, 0.2) is 6.61 Å². The monoisotopic (exact) mass is 415 g/mol. The quantitative estimate of drug-likeness (QED) is 0.592. The van der Waals surface area contributed by atoms with E-state index in [0.29, 0.717) is 18.0 Å². The summed E-state index contributed by atoms with van der Waals surface area (Å²) in [6.07, 6.45) is 1.52. The predicted molar refractivity (Wildman–Crippen MR) is 108 cm³/mol. The molecule has 29 heavy (non-hydrogen) atoms. The zero-order chi connectivity index (χ0) is 21.0. The van der Waals surface area contributed by atoms with Crippen LogP contribution in [-0.4, -0.2) is 28.3 Å². The Labute approximate surface area is 173 Å². The molecular weight excluding hydrogens is 394 g/mol. The third-order valence-electron chi connectivity index (χ3n) is 4.40. The molecule has 0 saturated carbocycles. The van der Waals surface area contributed by atoms with E-state index in [0.717, 1.165) is 11.1 Å². The van der Waals surface area contributed by atoms with Crippen molar-refractivity contribution in [2.45, 2.75) is 33.4 Å². The summed E-state index contributed by atoms with van der Waals surface area (Å²) in [5.41, 5.74) is 2.76. The molecule has 2 aromatic heterocycles. The number of hydrogen-bond acceptors (Lipinski definition) is 5. The molecule has 0 fully saturated rings. The van der Waals surface area contributed by atoms with E-state index in [9.17, 15) is 9.59 Å². The number of nitrogens with zero attached hydrogens (tertiary/aromatic N) is 2. The first-order chi connectivity index (χ1) is 13.8. The molecule has 152 valence electrons. The lowest BCUT2D eigenvalue weighted by atomic mass is 10.1. The van der Waals surface area contributed by atoms with Crippen molar-refractivity contribution in [3.63, 3.8) is 0 Å². The SMILES string of the molecule is Cc1ccc(Cn2nc(C)c(C(=O)OCC(=O)N[C@@H](C)c3ccco3)c2Cl)cc1. The minimum Gasteiger partial charge on any atom is -0.467 e. The summed E-state index contributed by atoms with van der Waals surface area (Å²) in [5.74, 6) is -0.521. The van der Waals surface area contributed by atoms with Crippen LogP contribution in [0.1, 0.15) is 45.9 Å². The van der Waals surface area contributed by atoms with Crippen LogP contribution >= 0.6 is 11.6 Å². The molecule has 7 nitrogen and oxygen atoms in total. The largest absolute Gasteiger partial charge is 0.467 e. The van der Waals surface area contributed by atoms with Gasteiger partial charge in [0, 0.05) is 0 Å². The molecular formula is C21H22ClN3O4. The van der Waals surface area contributed by atoms with Crippen LogP contribution < -0.4 is 5.32 Å². The first kappa shape index (κ1) is 20.7. The van der Waals surface area contributed by atoms with Crippen LogP contribution in [-0.2, 0) is 16.1 Å². The van der Waals surface area contributed by atoms with Crippen LogP contribution in [0.25, 0.3) is 0 Å². The Balaban J connectivity index is 1.61. The van der Waals surface area contributed by atoms with Gasteiger partial charge in [-0.15, -0.1) is 0 Å². The van der Waals surface area contributed by atoms with E-state index >= 15 is 0 Å². The van der Waals surface area contributed by atoms with Crippen molar-refractivity contribution in [1.82, 2.24) is 15.1 Å². The predicted octanol–water partition coefficient (Wildman–Crippen LogP) is 3.83. The van der Waals surface area contributed by atoms with Gasteiger partial charge in [0.05, 0.1) is 24.5 Å². The van der Waals surface area contributed by atoms with Gasteiger partial charge < -0.3 is 14.5 Å². The maximum absolute atomic E-state index is 12.5. The summed E-state index contributed by atoms with van der Waals surface area (Å²) in [7, 11) is 0. The van der Waals surface area contributed by atoms with Gasteiger partial charge in [-0.25, -0.2) is 9.48 Å². The van der Waals surface area contributed by atoms with E-state index < -0.39 is 18.5 Å². The van der Waals surface area contributed by atoms with Crippen molar-refractivity contribution < 1.29 is 18.7 Å². The standard InChI is InChI=1S/C21H22ClN3O4/c1-13-6-8-16(9-7-13)11-25-20(22)19(15(3)24-25)21(27)29-12-18(26)23-14(2)17-5-4-10-28-17/h4-10,14H,11-12H2,1-3H3,(H,23,26)/t14-/m0/s1. The van der Waals surface area contributed by atoms with Gasteiger partial charge >= 0.3 is 5.97 Å². The highest BCUT2D eigenvalue weighted by Gasteiger charge is 2.23. The third-order valence-corrected chi connectivity index (χ3v) is 4.79. The van der Waals surface area contributed by atoms with E-state index in [1.165, 1.54) is 10.9 Å². The number of rotatable bonds is 7. The second kappa shape index (κ2) is 8.96. The number of benzene rings is 1. The molecule has 1 atom stereocenters. The van der Waals surface area contributed by atoms with Crippen LogP contribution in [0.5, 0.6) is 0 Å². The number of amides is 1. The molecule has 8 heteroatoms. The lowest BCUT2D eigenvalue weighted by Crippen LogP contribution is -2.31. The number of ether oxygens (including phenoxy) is 1. The summed E-state index contributed by atoms with van der Waals surface area (Å²) in [4.78, 5) is 24.5. The minimum atomic E-state index is -0.691. The molecule has 0 spiro atoms. The van der Waals surface area contributed by atoms with E-state index in [-0.39, 0.29) is 16.8 Å². The first-order valence-electron chi connectivity index (χ1n) is 9.13. The van der Waals surface area contributed by atoms with Gasteiger partial charge in [-0.2, -0.15) is 5.10 Å². The van der Waals surface area contributed by atoms with Gasteiger partial charge in [0.25, 0.3) is 5.91 Å². The van der Waals surface area contributed by atoms with Gasteiger partial charge in [0.1, 0.15) is 16.5 Å². The van der Waals surface area contributed by atoms with Gasteiger partial charge in [-0.1, -0.05) is 41.4 Å². The summed E-state index contributed by atoms with van der Waals surface area (Å²) < 4.78 is 11.9. The Morgan fingerprint density at radius 1 is 1.24 bits per heavy atom. The Morgan fingerprint density at radius 3 is 2.62 bits per heavy atom. The average molecular weight is 416 g/mol. The number of halogens is 1. The highest BCUT2D eigenvalue weighted by Crippen LogP contribution is 2.22. The molecule has 0 unspecified atom stereocenters.